The largest absolute Gasteiger partial charge is 0.326 e. The van der Waals surface area contributed by atoms with Crippen LogP contribution in [-0.2, 0) is 4.79 Å². The lowest BCUT2D eigenvalue weighted by atomic mass is 10.1. The molecule has 8 heteroatoms. The molecule has 2 aromatic rings. The zero-order chi connectivity index (χ0) is 18.4. The van der Waals surface area contributed by atoms with Crippen molar-refractivity contribution in [1.29, 1.82) is 0 Å². The van der Waals surface area contributed by atoms with Crippen molar-refractivity contribution in [3.8, 4) is 0 Å². The van der Waals surface area contributed by atoms with Gasteiger partial charge in [-0.3, -0.25) is 19.7 Å². The average molecular weight is 340 g/mol. The molecule has 0 bridgehead atoms. The first-order valence-electron chi connectivity index (χ1n) is 7.33. The number of amides is 2. The molecule has 8 nitrogen and oxygen atoms in total. The van der Waals surface area contributed by atoms with Crippen LogP contribution >= 0.6 is 0 Å². The van der Waals surface area contributed by atoms with E-state index in [1.165, 1.54) is 19.2 Å². The van der Waals surface area contributed by atoms with Gasteiger partial charge in [0.1, 0.15) is 0 Å². The molecular weight excluding hydrogens is 324 g/mol. The van der Waals surface area contributed by atoms with Crippen LogP contribution in [0.3, 0.4) is 0 Å². The van der Waals surface area contributed by atoms with Gasteiger partial charge in [0.25, 0.3) is 11.6 Å². The van der Waals surface area contributed by atoms with E-state index in [2.05, 4.69) is 15.8 Å². The fourth-order valence-electron chi connectivity index (χ4n) is 2.04. The maximum Gasteiger partial charge on any atom is 0.272 e. The van der Waals surface area contributed by atoms with Crippen LogP contribution in [0.5, 0.6) is 0 Å². The van der Waals surface area contributed by atoms with Gasteiger partial charge in [-0.25, -0.2) is 5.43 Å². The minimum atomic E-state index is -0.470. The van der Waals surface area contributed by atoms with Crippen molar-refractivity contribution in [3.63, 3.8) is 0 Å². The van der Waals surface area contributed by atoms with Gasteiger partial charge < -0.3 is 5.32 Å². The summed E-state index contributed by atoms with van der Waals surface area (Å²) in [6.45, 7) is 3.04. The van der Waals surface area contributed by atoms with Gasteiger partial charge in [0.2, 0.25) is 5.91 Å². The van der Waals surface area contributed by atoms with Gasteiger partial charge in [-0.1, -0.05) is 12.1 Å². The molecule has 25 heavy (non-hydrogen) atoms. The van der Waals surface area contributed by atoms with E-state index in [1.54, 1.807) is 43.3 Å². The second-order valence-corrected chi connectivity index (χ2v) is 5.26. The maximum atomic E-state index is 12.0. The van der Waals surface area contributed by atoms with Crippen molar-refractivity contribution < 1.29 is 14.5 Å². The number of hydrogen-bond acceptors (Lipinski definition) is 5. The molecule has 128 valence electrons. The Balaban J connectivity index is 2.02. The monoisotopic (exact) mass is 340 g/mol. The van der Waals surface area contributed by atoms with Gasteiger partial charge in [-0.15, -0.1) is 0 Å². The summed E-state index contributed by atoms with van der Waals surface area (Å²) in [7, 11) is 0. The Morgan fingerprint density at radius 2 is 1.84 bits per heavy atom. The molecule has 0 aliphatic rings. The highest BCUT2D eigenvalue weighted by Gasteiger charge is 2.10. The molecule has 0 radical (unpaired) electrons. The van der Waals surface area contributed by atoms with Crippen LogP contribution in [0.15, 0.2) is 47.6 Å². The number of hydrazone groups is 1. The second-order valence-electron chi connectivity index (χ2n) is 5.26. The topological polar surface area (TPSA) is 114 Å². The summed E-state index contributed by atoms with van der Waals surface area (Å²) in [4.78, 5) is 33.4. The standard InChI is InChI=1S/C17H16N4O4/c1-11-3-4-13(9-16(11)21(24)25)10-18-20-17(23)14-5-7-15(8-6-14)19-12(2)22/h3-10H,1-2H3,(H,19,22)(H,20,23). The number of carbonyl (C=O) groups is 2. The number of nitro benzene ring substituents is 1. The van der Waals surface area contributed by atoms with Gasteiger partial charge in [0.05, 0.1) is 11.1 Å². The number of hydrogen-bond donors (Lipinski definition) is 2. The van der Waals surface area contributed by atoms with E-state index in [4.69, 9.17) is 0 Å². The zero-order valence-electron chi connectivity index (χ0n) is 13.6. The van der Waals surface area contributed by atoms with Crippen molar-refractivity contribution in [2.24, 2.45) is 5.10 Å². The van der Waals surface area contributed by atoms with Crippen LogP contribution in [0.2, 0.25) is 0 Å². The predicted molar refractivity (Wildman–Crippen MR) is 93.6 cm³/mol. The van der Waals surface area contributed by atoms with Crippen molar-refractivity contribution in [2.75, 3.05) is 5.32 Å². The first-order valence-corrected chi connectivity index (χ1v) is 7.33. The average Bonchev–Trinajstić information content (AvgIpc) is 2.56. The first kappa shape index (κ1) is 17.8. The number of anilines is 1. The lowest BCUT2D eigenvalue weighted by Crippen LogP contribution is -2.17. The Labute approximate surface area is 143 Å². The first-order chi connectivity index (χ1) is 11.9. The highest BCUT2D eigenvalue weighted by Crippen LogP contribution is 2.18. The number of nitrogens with zero attached hydrogens (tertiary/aromatic N) is 2. The minimum absolute atomic E-state index is 0.0103. The van der Waals surface area contributed by atoms with Gasteiger partial charge in [-0.2, -0.15) is 5.10 Å². The molecule has 2 N–H and O–H groups in total. The summed E-state index contributed by atoms with van der Waals surface area (Å²) in [6, 6.07) is 11.0. The fourth-order valence-corrected chi connectivity index (χ4v) is 2.04. The molecule has 0 atom stereocenters. The highest BCUT2D eigenvalue weighted by molar-refractivity contribution is 5.96. The number of benzene rings is 2. The quantitative estimate of drug-likeness (QED) is 0.495. The predicted octanol–water partition coefficient (Wildman–Crippen LogP) is 2.63. The Bertz CT molecular complexity index is 844. The lowest BCUT2D eigenvalue weighted by Gasteiger charge is -2.03. The maximum absolute atomic E-state index is 12.0. The molecule has 0 fully saturated rings. The van der Waals surface area contributed by atoms with Gasteiger partial charge in [-0.05, 0) is 31.2 Å². The van der Waals surface area contributed by atoms with Crippen molar-refractivity contribution in [2.45, 2.75) is 13.8 Å². The van der Waals surface area contributed by atoms with Crippen LogP contribution in [0.1, 0.15) is 28.4 Å². The fraction of sp³-hybridized carbons (Fsp3) is 0.118. The summed E-state index contributed by atoms with van der Waals surface area (Å²) in [5.41, 5.74) is 4.32. The molecule has 0 heterocycles. The van der Waals surface area contributed by atoms with Gasteiger partial charge in [0, 0.05) is 35.4 Å². The van der Waals surface area contributed by atoms with Crippen molar-refractivity contribution in [1.82, 2.24) is 5.43 Å². The molecule has 0 aliphatic heterocycles. The Morgan fingerprint density at radius 3 is 2.44 bits per heavy atom. The van der Waals surface area contributed by atoms with E-state index in [0.717, 1.165) is 0 Å². The molecule has 0 aromatic heterocycles. The van der Waals surface area contributed by atoms with Crippen LogP contribution in [-0.4, -0.2) is 23.0 Å². The van der Waals surface area contributed by atoms with Crippen LogP contribution in [0.4, 0.5) is 11.4 Å². The lowest BCUT2D eigenvalue weighted by molar-refractivity contribution is -0.385. The Kier molecular flexibility index (Phi) is 5.57. The van der Waals surface area contributed by atoms with E-state index in [9.17, 15) is 19.7 Å². The third-order valence-electron chi connectivity index (χ3n) is 3.28. The SMILES string of the molecule is CC(=O)Nc1ccc(C(=O)NN=Cc2ccc(C)c([N+](=O)[O-])c2)cc1. The summed E-state index contributed by atoms with van der Waals surface area (Å²) >= 11 is 0. The third kappa shape index (κ3) is 4.96. The molecule has 2 rings (SSSR count). The molecule has 0 saturated carbocycles. The molecule has 2 amide bonds. The molecule has 0 aliphatic carbocycles. The number of carbonyl (C=O) groups excluding carboxylic acids is 2. The smallest absolute Gasteiger partial charge is 0.272 e. The normalized spacial score (nSPS) is 10.5. The van der Waals surface area contributed by atoms with E-state index < -0.39 is 10.8 Å². The summed E-state index contributed by atoms with van der Waals surface area (Å²) < 4.78 is 0. The van der Waals surface area contributed by atoms with E-state index in [-0.39, 0.29) is 11.6 Å². The minimum Gasteiger partial charge on any atom is -0.326 e. The third-order valence-corrected chi connectivity index (χ3v) is 3.28. The van der Waals surface area contributed by atoms with Crippen molar-refractivity contribution >= 4 is 29.4 Å². The van der Waals surface area contributed by atoms with Crippen LogP contribution in [0, 0.1) is 17.0 Å². The number of aryl methyl sites for hydroxylation is 1. The molecular formula is C17H16N4O4. The van der Waals surface area contributed by atoms with Crippen molar-refractivity contribution in [3.05, 3.63) is 69.3 Å². The Hall–Kier alpha value is -3.55. The zero-order valence-corrected chi connectivity index (χ0v) is 13.6. The van der Waals surface area contributed by atoms with Gasteiger partial charge >= 0.3 is 0 Å². The summed E-state index contributed by atoms with van der Waals surface area (Å²) in [6.07, 6.45) is 1.33. The number of rotatable bonds is 5. The molecule has 2 aromatic carbocycles. The highest BCUT2D eigenvalue weighted by atomic mass is 16.6. The molecule has 0 spiro atoms. The van der Waals surface area contributed by atoms with E-state index >= 15 is 0 Å². The Morgan fingerprint density at radius 1 is 1.16 bits per heavy atom. The summed E-state index contributed by atoms with van der Waals surface area (Å²) in [5, 5.41) is 17.3. The van der Waals surface area contributed by atoms with Gasteiger partial charge in [0.15, 0.2) is 0 Å². The number of nitro groups is 1. The second kappa shape index (κ2) is 7.82. The van der Waals surface area contributed by atoms with E-state index in [0.29, 0.717) is 22.4 Å². The van der Waals surface area contributed by atoms with Crippen LogP contribution < -0.4 is 10.7 Å². The van der Waals surface area contributed by atoms with Crippen LogP contribution in [0.25, 0.3) is 0 Å². The van der Waals surface area contributed by atoms with E-state index in [1.807, 2.05) is 0 Å². The number of nitrogens with one attached hydrogen (secondary N) is 2. The molecule has 0 unspecified atom stereocenters. The molecule has 0 saturated heterocycles. The summed E-state index contributed by atoms with van der Waals surface area (Å²) in [5.74, 6) is -0.638.